The summed E-state index contributed by atoms with van der Waals surface area (Å²) in [5.41, 5.74) is 9.64. The van der Waals surface area contributed by atoms with Crippen LogP contribution >= 0.6 is 0 Å². The standard InChI is InChI=1S/C16H16N4/c17-16(15-18-9-4-10-19-15)8-3-6-12-11-5-1-2-7-13(11)20-14(12)16/h1-2,4-5,7,9-10,20H,3,6,8,17H2. The van der Waals surface area contributed by atoms with Gasteiger partial charge in [0.1, 0.15) is 5.54 Å². The van der Waals surface area contributed by atoms with Crippen molar-refractivity contribution in [2.24, 2.45) is 5.73 Å². The number of aromatic amines is 1. The molecule has 0 fully saturated rings. The SMILES string of the molecule is NC1(c2ncccn2)CCCc2c1[nH]c1ccccc21. The van der Waals surface area contributed by atoms with Crippen LogP contribution in [0.25, 0.3) is 10.9 Å². The highest BCUT2D eigenvalue weighted by Crippen LogP contribution is 2.39. The van der Waals surface area contributed by atoms with Gasteiger partial charge in [0.2, 0.25) is 0 Å². The average molecular weight is 264 g/mol. The molecule has 0 aliphatic heterocycles. The quantitative estimate of drug-likeness (QED) is 0.709. The smallest absolute Gasteiger partial charge is 0.154 e. The van der Waals surface area contributed by atoms with Gasteiger partial charge in [0.05, 0.1) is 0 Å². The van der Waals surface area contributed by atoms with Crippen molar-refractivity contribution in [1.29, 1.82) is 0 Å². The molecule has 0 saturated carbocycles. The summed E-state index contributed by atoms with van der Waals surface area (Å²) in [5, 5.41) is 1.27. The van der Waals surface area contributed by atoms with Crippen molar-refractivity contribution in [1.82, 2.24) is 15.0 Å². The number of H-pyrrole nitrogens is 1. The molecule has 0 saturated heterocycles. The van der Waals surface area contributed by atoms with Crippen molar-refractivity contribution in [3.05, 3.63) is 59.8 Å². The Labute approximate surface area is 117 Å². The van der Waals surface area contributed by atoms with E-state index in [4.69, 9.17) is 5.73 Å². The van der Waals surface area contributed by atoms with Crippen molar-refractivity contribution in [2.75, 3.05) is 0 Å². The summed E-state index contributed by atoms with van der Waals surface area (Å²) in [6, 6.07) is 10.2. The first-order valence-electron chi connectivity index (χ1n) is 6.95. The summed E-state index contributed by atoms with van der Waals surface area (Å²) >= 11 is 0. The van der Waals surface area contributed by atoms with Crippen LogP contribution in [0.15, 0.2) is 42.7 Å². The summed E-state index contributed by atoms with van der Waals surface area (Å²) in [5.74, 6) is 0.701. The molecule has 100 valence electrons. The van der Waals surface area contributed by atoms with Crippen molar-refractivity contribution in [2.45, 2.75) is 24.8 Å². The van der Waals surface area contributed by atoms with E-state index in [-0.39, 0.29) is 0 Å². The zero-order valence-electron chi connectivity index (χ0n) is 11.1. The van der Waals surface area contributed by atoms with Gasteiger partial charge >= 0.3 is 0 Å². The molecule has 4 heteroatoms. The number of aryl methyl sites for hydroxylation is 1. The van der Waals surface area contributed by atoms with Gasteiger partial charge in [-0.3, -0.25) is 0 Å². The van der Waals surface area contributed by atoms with E-state index in [0.717, 1.165) is 30.5 Å². The van der Waals surface area contributed by atoms with E-state index in [1.54, 1.807) is 12.4 Å². The van der Waals surface area contributed by atoms with Crippen LogP contribution < -0.4 is 5.73 Å². The van der Waals surface area contributed by atoms with Gasteiger partial charge in [-0.05, 0) is 37.0 Å². The van der Waals surface area contributed by atoms with Gasteiger partial charge in [-0.1, -0.05) is 18.2 Å². The van der Waals surface area contributed by atoms with Crippen molar-refractivity contribution >= 4 is 10.9 Å². The Morgan fingerprint density at radius 2 is 1.90 bits per heavy atom. The Bertz CT molecular complexity index is 763. The Kier molecular flexibility index (Phi) is 2.41. The van der Waals surface area contributed by atoms with Gasteiger partial charge in [-0.25, -0.2) is 9.97 Å². The van der Waals surface area contributed by atoms with Crippen molar-refractivity contribution in [3.8, 4) is 0 Å². The Morgan fingerprint density at radius 1 is 1.10 bits per heavy atom. The van der Waals surface area contributed by atoms with E-state index in [0.29, 0.717) is 5.82 Å². The molecule has 0 amide bonds. The monoisotopic (exact) mass is 264 g/mol. The summed E-state index contributed by atoms with van der Waals surface area (Å²) < 4.78 is 0. The number of para-hydroxylation sites is 1. The van der Waals surface area contributed by atoms with E-state index in [9.17, 15) is 0 Å². The van der Waals surface area contributed by atoms with Gasteiger partial charge in [-0.15, -0.1) is 0 Å². The first kappa shape index (κ1) is 11.6. The fraction of sp³-hybridized carbons (Fsp3) is 0.250. The lowest BCUT2D eigenvalue weighted by Crippen LogP contribution is -2.42. The molecule has 2 aromatic heterocycles. The first-order valence-corrected chi connectivity index (χ1v) is 6.95. The number of aromatic nitrogens is 3. The lowest BCUT2D eigenvalue weighted by Gasteiger charge is -2.32. The maximum absolute atomic E-state index is 6.70. The molecule has 2 heterocycles. The molecule has 3 aromatic rings. The molecule has 1 aliphatic rings. The third kappa shape index (κ3) is 1.51. The zero-order valence-corrected chi connectivity index (χ0v) is 11.1. The maximum atomic E-state index is 6.70. The number of hydrogen-bond donors (Lipinski definition) is 2. The molecule has 0 bridgehead atoms. The molecule has 0 radical (unpaired) electrons. The lowest BCUT2D eigenvalue weighted by atomic mass is 9.80. The highest BCUT2D eigenvalue weighted by Gasteiger charge is 2.39. The summed E-state index contributed by atoms with van der Waals surface area (Å²) in [6.07, 6.45) is 6.51. The fourth-order valence-corrected chi connectivity index (χ4v) is 3.26. The second-order valence-electron chi connectivity index (χ2n) is 5.42. The molecular formula is C16H16N4. The van der Waals surface area contributed by atoms with E-state index in [2.05, 4.69) is 33.2 Å². The lowest BCUT2D eigenvalue weighted by molar-refractivity contribution is 0.411. The van der Waals surface area contributed by atoms with Crippen LogP contribution in [0.2, 0.25) is 0 Å². The molecule has 20 heavy (non-hydrogen) atoms. The molecule has 1 unspecified atom stereocenters. The highest BCUT2D eigenvalue weighted by molar-refractivity contribution is 5.85. The van der Waals surface area contributed by atoms with Crippen LogP contribution in [0.4, 0.5) is 0 Å². The van der Waals surface area contributed by atoms with Gasteiger partial charge in [-0.2, -0.15) is 0 Å². The third-order valence-corrected chi connectivity index (χ3v) is 4.22. The van der Waals surface area contributed by atoms with Crippen LogP contribution in [0, 0.1) is 0 Å². The van der Waals surface area contributed by atoms with Crippen molar-refractivity contribution in [3.63, 3.8) is 0 Å². The average Bonchev–Trinajstić information content (AvgIpc) is 2.89. The van der Waals surface area contributed by atoms with E-state index < -0.39 is 5.54 Å². The minimum atomic E-state index is -0.603. The Hall–Kier alpha value is -2.20. The number of nitrogens with two attached hydrogens (primary N) is 1. The van der Waals surface area contributed by atoms with E-state index >= 15 is 0 Å². The molecule has 1 atom stereocenters. The van der Waals surface area contributed by atoms with Crippen LogP contribution in [-0.2, 0) is 12.0 Å². The largest absolute Gasteiger partial charge is 0.356 e. The number of nitrogens with one attached hydrogen (secondary N) is 1. The minimum absolute atomic E-state index is 0.603. The third-order valence-electron chi connectivity index (χ3n) is 4.22. The number of benzene rings is 1. The fourth-order valence-electron chi connectivity index (χ4n) is 3.26. The normalized spacial score (nSPS) is 21.9. The van der Waals surface area contributed by atoms with Crippen LogP contribution in [0.3, 0.4) is 0 Å². The predicted molar refractivity (Wildman–Crippen MR) is 78.2 cm³/mol. The number of nitrogens with zero attached hydrogens (tertiary/aromatic N) is 2. The van der Waals surface area contributed by atoms with E-state index in [1.807, 2.05) is 12.1 Å². The van der Waals surface area contributed by atoms with Crippen LogP contribution in [-0.4, -0.2) is 15.0 Å². The number of rotatable bonds is 1. The molecular weight excluding hydrogens is 248 g/mol. The van der Waals surface area contributed by atoms with Crippen LogP contribution in [0.5, 0.6) is 0 Å². The minimum Gasteiger partial charge on any atom is -0.356 e. The number of hydrogen-bond acceptors (Lipinski definition) is 3. The second kappa shape index (κ2) is 4.15. The van der Waals surface area contributed by atoms with Gasteiger partial charge in [0.15, 0.2) is 5.82 Å². The van der Waals surface area contributed by atoms with E-state index in [1.165, 1.54) is 10.9 Å². The molecule has 1 aliphatic carbocycles. The molecule has 4 rings (SSSR count). The molecule has 4 nitrogen and oxygen atoms in total. The van der Waals surface area contributed by atoms with Gasteiger partial charge < -0.3 is 10.7 Å². The maximum Gasteiger partial charge on any atom is 0.154 e. The summed E-state index contributed by atoms with van der Waals surface area (Å²) in [7, 11) is 0. The molecule has 3 N–H and O–H groups in total. The predicted octanol–water partition coefficient (Wildman–Crippen LogP) is 2.50. The zero-order chi connectivity index (χ0) is 13.6. The topological polar surface area (TPSA) is 67.6 Å². The second-order valence-corrected chi connectivity index (χ2v) is 5.42. The van der Waals surface area contributed by atoms with Crippen LogP contribution in [0.1, 0.15) is 29.9 Å². The van der Waals surface area contributed by atoms with Gasteiger partial charge in [0.25, 0.3) is 0 Å². The summed E-state index contributed by atoms with van der Waals surface area (Å²) in [6.45, 7) is 0. The van der Waals surface area contributed by atoms with Crippen molar-refractivity contribution < 1.29 is 0 Å². The Morgan fingerprint density at radius 3 is 2.75 bits per heavy atom. The first-order chi connectivity index (χ1) is 9.79. The van der Waals surface area contributed by atoms with Gasteiger partial charge in [0, 0.05) is 29.0 Å². The number of fused-ring (bicyclic) bond motifs is 3. The summed E-state index contributed by atoms with van der Waals surface area (Å²) in [4.78, 5) is 12.3. The molecule has 1 aromatic carbocycles. The highest BCUT2D eigenvalue weighted by atomic mass is 15.0. The molecule has 0 spiro atoms. The Balaban J connectivity index is 1.99.